The third-order valence-electron chi connectivity index (χ3n) is 4.20. The van der Waals surface area contributed by atoms with E-state index in [1.807, 2.05) is 49.4 Å². The number of benzene rings is 2. The maximum Gasteiger partial charge on any atom is 0.256 e. The molecule has 1 N–H and O–H groups in total. The quantitative estimate of drug-likeness (QED) is 0.803. The number of carbonyl (C=O) groups excluding carboxylic acids is 1. The fourth-order valence-corrected chi connectivity index (χ4v) is 2.73. The van der Waals surface area contributed by atoms with Crippen molar-refractivity contribution in [2.75, 3.05) is 14.2 Å². The molecule has 0 aliphatic rings. The predicted molar refractivity (Wildman–Crippen MR) is 89.6 cm³/mol. The number of para-hydroxylation sites is 2. The van der Waals surface area contributed by atoms with E-state index in [1.54, 1.807) is 25.3 Å². The summed E-state index contributed by atoms with van der Waals surface area (Å²) in [5.74, 6) is 0.720. The van der Waals surface area contributed by atoms with Gasteiger partial charge in [0.05, 0.1) is 30.4 Å². The van der Waals surface area contributed by atoms with Gasteiger partial charge in [0.1, 0.15) is 5.75 Å². The summed E-state index contributed by atoms with van der Waals surface area (Å²) in [7, 11) is 3.44. The van der Waals surface area contributed by atoms with E-state index in [1.165, 1.54) is 0 Å². The maximum atomic E-state index is 12.9. The van der Waals surface area contributed by atoms with Gasteiger partial charge in [0.25, 0.3) is 5.91 Å². The number of carbonyl (C=O) groups is 1. The Morgan fingerprint density at radius 3 is 2.78 bits per heavy atom. The molecule has 0 unspecified atom stereocenters. The summed E-state index contributed by atoms with van der Waals surface area (Å²) in [6.07, 6.45) is 1.72. The molecular formula is C18H19N3O2. The molecule has 0 saturated carbocycles. The Kier molecular flexibility index (Phi) is 4.02. The molecular weight excluding hydrogens is 290 g/mol. The average molecular weight is 309 g/mol. The van der Waals surface area contributed by atoms with Gasteiger partial charge in [0.15, 0.2) is 0 Å². The largest absolute Gasteiger partial charge is 0.496 e. The summed E-state index contributed by atoms with van der Waals surface area (Å²) in [5, 5.41) is 7.85. The smallest absolute Gasteiger partial charge is 0.256 e. The number of methoxy groups -OCH3 is 1. The van der Waals surface area contributed by atoms with Crippen molar-refractivity contribution in [2.45, 2.75) is 13.0 Å². The first-order valence-corrected chi connectivity index (χ1v) is 7.45. The Hall–Kier alpha value is -2.82. The molecule has 3 rings (SSSR count). The minimum absolute atomic E-state index is 0.0572. The van der Waals surface area contributed by atoms with Crippen LogP contribution in [-0.2, 0) is 0 Å². The average Bonchev–Trinajstić information content (AvgIpc) is 3.08. The minimum Gasteiger partial charge on any atom is -0.496 e. The molecule has 3 aromatic rings. The first kappa shape index (κ1) is 15.1. The van der Waals surface area contributed by atoms with Gasteiger partial charge in [-0.15, -0.1) is 0 Å². The number of amides is 1. The van der Waals surface area contributed by atoms with Crippen LogP contribution in [0, 0.1) is 0 Å². The van der Waals surface area contributed by atoms with Gasteiger partial charge in [-0.25, -0.2) is 0 Å². The van der Waals surface area contributed by atoms with Gasteiger partial charge in [0, 0.05) is 18.0 Å². The predicted octanol–water partition coefficient (Wildman–Crippen LogP) is 3.40. The van der Waals surface area contributed by atoms with Gasteiger partial charge < -0.3 is 9.64 Å². The SMILES string of the molecule is COc1ccccc1[C@@H](C)N(C)C(=O)c1cccc2cn[nH]c12. The van der Waals surface area contributed by atoms with Crippen LogP contribution in [0.4, 0.5) is 0 Å². The summed E-state index contributed by atoms with van der Waals surface area (Å²) in [6.45, 7) is 1.99. The van der Waals surface area contributed by atoms with E-state index in [-0.39, 0.29) is 11.9 Å². The molecule has 1 aromatic heterocycles. The normalized spacial score (nSPS) is 12.1. The number of nitrogens with one attached hydrogen (secondary N) is 1. The van der Waals surface area contributed by atoms with Crippen molar-refractivity contribution < 1.29 is 9.53 Å². The van der Waals surface area contributed by atoms with Gasteiger partial charge in [-0.05, 0) is 19.1 Å². The topological polar surface area (TPSA) is 58.2 Å². The number of nitrogens with zero attached hydrogens (tertiary/aromatic N) is 2. The Morgan fingerprint density at radius 2 is 2.00 bits per heavy atom. The molecule has 0 bridgehead atoms. The zero-order chi connectivity index (χ0) is 16.4. The zero-order valence-corrected chi connectivity index (χ0v) is 13.4. The van der Waals surface area contributed by atoms with Crippen molar-refractivity contribution in [1.29, 1.82) is 0 Å². The van der Waals surface area contributed by atoms with E-state index in [2.05, 4.69) is 10.2 Å². The van der Waals surface area contributed by atoms with E-state index in [4.69, 9.17) is 4.74 Å². The lowest BCUT2D eigenvalue weighted by Crippen LogP contribution is -2.30. The minimum atomic E-state index is -0.114. The standard InChI is InChI=1S/C18H19N3O2/c1-12(14-8-4-5-10-16(14)23-3)21(2)18(22)15-9-6-7-13-11-19-20-17(13)15/h4-12H,1-3H3,(H,19,20)/t12-/m1/s1. The van der Waals surface area contributed by atoms with Gasteiger partial charge in [-0.3, -0.25) is 9.89 Å². The molecule has 0 fully saturated rings. The summed E-state index contributed by atoms with van der Waals surface area (Å²) >= 11 is 0. The Morgan fingerprint density at radius 1 is 1.22 bits per heavy atom. The second-order valence-corrected chi connectivity index (χ2v) is 5.47. The van der Waals surface area contributed by atoms with Crippen LogP contribution in [0.1, 0.15) is 28.9 Å². The molecule has 1 atom stereocenters. The zero-order valence-electron chi connectivity index (χ0n) is 13.4. The highest BCUT2D eigenvalue weighted by atomic mass is 16.5. The third kappa shape index (κ3) is 2.65. The number of rotatable bonds is 4. The Bertz CT molecular complexity index is 841. The van der Waals surface area contributed by atoms with E-state index < -0.39 is 0 Å². The van der Waals surface area contributed by atoms with Gasteiger partial charge in [-0.2, -0.15) is 5.10 Å². The van der Waals surface area contributed by atoms with Crippen molar-refractivity contribution in [3.63, 3.8) is 0 Å². The van der Waals surface area contributed by atoms with Crippen molar-refractivity contribution in [2.24, 2.45) is 0 Å². The lowest BCUT2D eigenvalue weighted by molar-refractivity contribution is 0.0743. The number of hydrogen-bond acceptors (Lipinski definition) is 3. The van der Waals surface area contributed by atoms with Crippen LogP contribution in [0.15, 0.2) is 48.7 Å². The second kappa shape index (κ2) is 6.12. The summed E-state index contributed by atoms with van der Waals surface area (Å²) in [4.78, 5) is 14.6. The fourth-order valence-electron chi connectivity index (χ4n) is 2.73. The van der Waals surface area contributed by atoms with E-state index in [0.717, 1.165) is 22.2 Å². The molecule has 23 heavy (non-hydrogen) atoms. The highest BCUT2D eigenvalue weighted by Crippen LogP contribution is 2.29. The van der Waals surface area contributed by atoms with Gasteiger partial charge >= 0.3 is 0 Å². The number of aromatic nitrogens is 2. The molecule has 0 saturated heterocycles. The number of ether oxygens (including phenoxy) is 1. The molecule has 0 radical (unpaired) electrons. The molecule has 0 spiro atoms. The van der Waals surface area contributed by atoms with Gasteiger partial charge in [-0.1, -0.05) is 30.3 Å². The molecule has 5 nitrogen and oxygen atoms in total. The van der Waals surface area contributed by atoms with Gasteiger partial charge in [0.2, 0.25) is 0 Å². The molecule has 0 aliphatic heterocycles. The van der Waals surface area contributed by atoms with Crippen molar-refractivity contribution in [1.82, 2.24) is 15.1 Å². The third-order valence-corrected chi connectivity index (χ3v) is 4.20. The van der Waals surface area contributed by atoms with E-state index in [9.17, 15) is 4.79 Å². The summed E-state index contributed by atoms with van der Waals surface area (Å²) < 4.78 is 5.41. The Labute approximate surface area is 134 Å². The number of fused-ring (bicyclic) bond motifs is 1. The lowest BCUT2D eigenvalue weighted by atomic mass is 10.0. The highest BCUT2D eigenvalue weighted by molar-refractivity contribution is 6.05. The van der Waals surface area contributed by atoms with Crippen LogP contribution in [0.25, 0.3) is 10.9 Å². The molecule has 1 heterocycles. The fraction of sp³-hybridized carbons (Fsp3) is 0.222. The van der Waals surface area contributed by atoms with Crippen LogP contribution < -0.4 is 4.74 Å². The Balaban J connectivity index is 1.94. The summed E-state index contributed by atoms with van der Waals surface area (Å²) in [5.41, 5.74) is 2.35. The molecule has 2 aromatic carbocycles. The van der Waals surface area contributed by atoms with Crippen LogP contribution in [0.2, 0.25) is 0 Å². The molecule has 1 amide bonds. The second-order valence-electron chi connectivity index (χ2n) is 5.47. The first-order chi connectivity index (χ1) is 11.1. The first-order valence-electron chi connectivity index (χ1n) is 7.45. The van der Waals surface area contributed by atoms with Crippen LogP contribution in [0.3, 0.4) is 0 Å². The van der Waals surface area contributed by atoms with Crippen molar-refractivity contribution in [3.8, 4) is 5.75 Å². The lowest BCUT2D eigenvalue weighted by Gasteiger charge is -2.26. The van der Waals surface area contributed by atoms with E-state index >= 15 is 0 Å². The molecule has 5 heteroatoms. The van der Waals surface area contributed by atoms with Crippen LogP contribution in [0.5, 0.6) is 5.75 Å². The number of hydrogen-bond donors (Lipinski definition) is 1. The number of aromatic amines is 1. The molecule has 0 aliphatic carbocycles. The van der Waals surface area contributed by atoms with Crippen molar-refractivity contribution >= 4 is 16.8 Å². The number of H-pyrrole nitrogens is 1. The highest BCUT2D eigenvalue weighted by Gasteiger charge is 2.23. The summed E-state index contributed by atoms with van der Waals surface area (Å²) in [6, 6.07) is 13.2. The maximum absolute atomic E-state index is 12.9. The van der Waals surface area contributed by atoms with E-state index in [0.29, 0.717) is 5.56 Å². The monoisotopic (exact) mass is 309 g/mol. The van der Waals surface area contributed by atoms with Crippen LogP contribution in [-0.4, -0.2) is 35.2 Å². The molecule has 118 valence electrons. The van der Waals surface area contributed by atoms with Crippen LogP contribution >= 0.6 is 0 Å². The van der Waals surface area contributed by atoms with Crippen molar-refractivity contribution in [3.05, 3.63) is 59.8 Å².